The summed E-state index contributed by atoms with van der Waals surface area (Å²) in [5.41, 5.74) is 1.35. The zero-order valence-corrected chi connectivity index (χ0v) is 14.1. The molecule has 0 bridgehead atoms. The molecule has 1 N–H and O–H groups in total. The second-order valence-corrected chi connectivity index (χ2v) is 6.13. The molecule has 0 fully saturated rings. The highest BCUT2D eigenvalue weighted by Gasteiger charge is 2.07. The highest BCUT2D eigenvalue weighted by molar-refractivity contribution is 7.99. The number of rotatable bonds is 7. The van der Waals surface area contributed by atoms with Gasteiger partial charge >= 0.3 is 5.97 Å². The van der Waals surface area contributed by atoms with Gasteiger partial charge in [0, 0.05) is 23.6 Å². The van der Waals surface area contributed by atoms with E-state index in [9.17, 15) is 14.0 Å². The fourth-order valence-corrected chi connectivity index (χ4v) is 2.87. The van der Waals surface area contributed by atoms with Crippen LogP contribution in [0.1, 0.15) is 22.3 Å². The number of carbonyl (C=O) groups excluding carboxylic acids is 2. The maximum absolute atomic E-state index is 13.4. The zero-order chi connectivity index (χ0) is 17.4. The molecule has 2 rings (SSSR count). The third kappa shape index (κ3) is 5.38. The smallest absolute Gasteiger partial charge is 0.337 e. The van der Waals surface area contributed by atoms with Crippen molar-refractivity contribution in [1.82, 2.24) is 5.32 Å². The molecule has 6 heteroatoms. The van der Waals surface area contributed by atoms with Gasteiger partial charge in [-0.05, 0) is 29.8 Å². The highest BCUT2D eigenvalue weighted by Crippen LogP contribution is 2.21. The van der Waals surface area contributed by atoms with Crippen LogP contribution in [0.2, 0.25) is 0 Å². The minimum absolute atomic E-state index is 0.101. The maximum Gasteiger partial charge on any atom is 0.337 e. The fourth-order valence-electron chi connectivity index (χ4n) is 1.98. The lowest BCUT2D eigenvalue weighted by Crippen LogP contribution is -2.23. The van der Waals surface area contributed by atoms with Crippen LogP contribution in [0.4, 0.5) is 4.39 Å². The zero-order valence-electron chi connectivity index (χ0n) is 13.3. The molecule has 0 saturated carbocycles. The summed E-state index contributed by atoms with van der Waals surface area (Å²) in [4.78, 5) is 23.7. The average Bonchev–Trinajstić information content (AvgIpc) is 2.61. The summed E-state index contributed by atoms with van der Waals surface area (Å²) in [6.07, 6.45) is 0.305. The van der Waals surface area contributed by atoms with Gasteiger partial charge in [0.25, 0.3) is 0 Å². The van der Waals surface area contributed by atoms with Crippen LogP contribution in [0.5, 0.6) is 0 Å². The Morgan fingerprint density at radius 2 is 1.83 bits per heavy atom. The number of carbonyl (C=O) groups is 2. The van der Waals surface area contributed by atoms with Gasteiger partial charge in [0.05, 0.1) is 12.7 Å². The van der Waals surface area contributed by atoms with Crippen LogP contribution in [0.3, 0.4) is 0 Å². The topological polar surface area (TPSA) is 55.4 Å². The molecule has 0 aromatic heterocycles. The van der Waals surface area contributed by atoms with Crippen LogP contribution in [0, 0.1) is 5.82 Å². The van der Waals surface area contributed by atoms with E-state index in [1.165, 1.54) is 24.9 Å². The van der Waals surface area contributed by atoms with Gasteiger partial charge in [-0.2, -0.15) is 0 Å². The molecule has 2 aromatic carbocycles. The minimum Gasteiger partial charge on any atom is -0.465 e. The number of hydrogen-bond donors (Lipinski definition) is 1. The van der Waals surface area contributed by atoms with E-state index in [4.69, 9.17) is 0 Å². The number of amides is 1. The van der Waals surface area contributed by atoms with Gasteiger partial charge in [-0.1, -0.05) is 24.3 Å². The van der Waals surface area contributed by atoms with Gasteiger partial charge in [-0.3, -0.25) is 4.79 Å². The normalized spacial score (nSPS) is 10.2. The first-order valence-corrected chi connectivity index (χ1v) is 8.40. The molecule has 0 saturated heterocycles. The Labute approximate surface area is 144 Å². The Morgan fingerprint density at radius 3 is 2.50 bits per heavy atom. The quantitative estimate of drug-likeness (QED) is 0.616. The molecular formula is C18H18FNO3S. The van der Waals surface area contributed by atoms with E-state index in [0.717, 1.165) is 5.56 Å². The summed E-state index contributed by atoms with van der Waals surface area (Å²) < 4.78 is 18.1. The number of ether oxygens (including phenoxy) is 1. The van der Waals surface area contributed by atoms with Crippen LogP contribution in [-0.2, 0) is 16.1 Å². The van der Waals surface area contributed by atoms with Crippen molar-refractivity contribution in [3.05, 3.63) is 65.5 Å². The van der Waals surface area contributed by atoms with E-state index in [1.807, 2.05) is 0 Å². The number of methoxy groups -OCH3 is 1. The van der Waals surface area contributed by atoms with Crippen LogP contribution in [0.15, 0.2) is 53.4 Å². The van der Waals surface area contributed by atoms with Gasteiger partial charge in [0.1, 0.15) is 5.82 Å². The van der Waals surface area contributed by atoms with Crippen LogP contribution in [0.25, 0.3) is 0 Å². The van der Waals surface area contributed by atoms with Crippen molar-refractivity contribution >= 4 is 23.6 Å². The lowest BCUT2D eigenvalue weighted by atomic mass is 10.1. The summed E-state index contributed by atoms with van der Waals surface area (Å²) in [7, 11) is 1.33. The van der Waals surface area contributed by atoms with Gasteiger partial charge < -0.3 is 10.1 Å². The SMILES string of the molecule is COC(=O)c1ccc(CNC(=O)CCSc2ccccc2F)cc1. The first kappa shape index (κ1) is 18.0. The van der Waals surface area contributed by atoms with E-state index in [-0.39, 0.29) is 11.7 Å². The van der Waals surface area contributed by atoms with Crippen LogP contribution in [-0.4, -0.2) is 24.7 Å². The first-order chi connectivity index (χ1) is 11.6. The number of thioether (sulfide) groups is 1. The highest BCUT2D eigenvalue weighted by atomic mass is 32.2. The van der Waals surface area contributed by atoms with E-state index in [2.05, 4.69) is 10.1 Å². The molecule has 0 aliphatic rings. The number of nitrogens with one attached hydrogen (secondary N) is 1. The van der Waals surface area contributed by atoms with Gasteiger partial charge in [-0.15, -0.1) is 11.8 Å². The molecule has 4 nitrogen and oxygen atoms in total. The monoisotopic (exact) mass is 347 g/mol. The lowest BCUT2D eigenvalue weighted by Gasteiger charge is -2.06. The summed E-state index contributed by atoms with van der Waals surface area (Å²) in [6, 6.07) is 13.3. The largest absolute Gasteiger partial charge is 0.465 e. The molecule has 0 unspecified atom stereocenters. The molecule has 0 atom stereocenters. The Balaban J connectivity index is 1.73. The number of hydrogen-bond acceptors (Lipinski definition) is 4. The average molecular weight is 347 g/mol. The summed E-state index contributed by atoms with van der Waals surface area (Å²) in [5.74, 6) is -0.256. The van der Waals surface area contributed by atoms with Crippen molar-refractivity contribution in [2.75, 3.05) is 12.9 Å². The van der Waals surface area contributed by atoms with Gasteiger partial charge in [-0.25, -0.2) is 9.18 Å². The van der Waals surface area contributed by atoms with Crippen molar-refractivity contribution < 1.29 is 18.7 Å². The predicted octanol–water partition coefficient (Wildman–Crippen LogP) is 3.41. The third-order valence-electron chi connectivity index (χ3n) is 3.29. The summed E-state index contributed by atoms with van der Waals surface area (Å²) >= 11 is 1.32. The Morgan fingerprint density at radius 1 is 1.12 bits per heavy atom. The Kier molecular flexibility index (Phi) is 6.81. The van der Waals surface area contributed by atoms with E-state index in [0.29, 0.717) is 29.2 Å². The van der Waals surface area contributed by atoms with Crippen LogP contribution < -0.4 is 5.32 Å². The predicted molar refractivity (Wildman–Crippen MR) is 91.4 cm³/mol. The molecule has 0 heterocycles. The minimum atomic E-state index is -0.393. The van der Waals surface area contributed by atoms with Crippen molar-refractivity contribution in [2.24, 2.45) is 0 Å². The standard InChI is InChI=1S/C18H18FNO3S/c1-23-18(22)14-8-6-13(7-9-14)12-20-17(21)10-11-24-16-5-3-2-4-15(16)19/h2-9H,10-12H2,1H3,(H,20,21). The molecule has 24 heavy (non-hydrogen) atoms. The third-order valence-corrected chi connectivity index (χ3v) is 4.34. The molecule has 0 aliphatic heterocycles. The number of halogens is 1. The number of esters is 1. The fraction of sp³-hybridized carbons (Fsp3) is 0.222. The second kappa shape index (κ2) is 9.08. The van der Waals surface area contributed by atoms with Crippen molar-refractivity contribution in [2.45, 2.75) is 17.9 Å². The number of benzene rings is 2. The summed E-state index contributed by atoms with van der Waals surface area (Å²) in [5, 5.41) is 2.80. The van der Waals surface area contributed by atoms with E-state index < -0.39 is 5.97 Å². The second-order valence-electron chi connectivity index (χ2n) is 4.99. The maximum atomic E-state index is 13.4. The van der Waals surface area contributed by atoms with E-state index >= 15 is 0 Å². The Bertz CT molecular complexity index is 704. The lowest BCUT2D eigenvalue weighted by molar-refractivity contribution is -0.120. The van der Waals surface area contributed by atoms with E-state index in [1.54, 1.807) is 42.5 Å². The molecule has 2 aromatic rings. The molecule has 0 spiro atoms. The Hall–Kier alpha value is -2.34. The van der Waals surface area contributed by atoms with Crippen molar-refractivity contribution in [1.29, 1.82) is 0 Å². The molecular weight excluding hydrogens is 329 g/mol. The molecule has 1 amide bonds. The van der Waals surface area contributed by atoms with Gasteiger partial charge in [0.2, 0.25) is 5.91 Å². The first-order valence-electron chi connectivity index (χ1n) is 7.41. The van der Waals surface area contributed by atoms with Crippen molar-refractivity contribution in [3.8, 4) is 0 Å². The van der Waals surface area contributed by atoms with Gasteiger partial charge in [0.15, 0.2) is 0 Å². The summed E-state index contributed by atoms with van der Waals surface area (Å²) in [6.45, 7) is 0.380. The van der Waals surface area contributed by atoms with Crippen molar-refractivity contribution in [3.63, 3.8) is 0 Å². The molecule has 126 valence electrons. The molecule has 0 radical (unpaired) electrons. The van der Waals surface area contributed by atoms with Crippen LogP contribution >= 0.6 is 11.8 Å². The molecule has 0 aliphatic carbocycles.